The number of hydrogen-bond acceptors (Lipinski definition) is 7. The van der Waals surface area contributed by atoms with Gasteiger partial charge in [-0.1, -0.05) is 36.0 Å². The third-order valence-electron chi connectivity index (χ3n) is 5.74. The van der Waals surface area contributed by atoms with E-state index in [2.05, 4.69) is 20.7 Å². The van der Waals surface area contributed by atoms with Gasteiger partial charge in [0.1, 0.15) is 6.04 Å². The molecule has 0 saturated carbocycles. The second-order valence-electron chi connectivity index (χ2n) is 7.96. The molecule has 0 aliphatic carbocycles. The summed E-state index contributed by atoms with van der Waals surface area (Å²) in [6.45, 7) is 5.06. The number of fused-ring (bicyclic) bond motifs is 2. The minimum Gasteiger partial charge on any atom is -0.490 e. The third kappa shape index (κ3) is 4.04. The van der Waals surface area contributed by atoms with Crippen molar-refractivity contribution in [2.75, 3.05) is 30.1 Å². The molecule has 2 aliphatic rings. The molecule has 1 aromatic heterocycles. The summed E-state index contributed by atoms with van der Waals surface area (Å²) in [5.74, 6) is 1.78. The van der Waals surface area contributed by atoms with Crippen LogP contribution in [0.25, 0.3) is 0 Å². The lowest BCUT2D eigenvalue weighted by Gasteiger charge is -2.29. The van der Waals surface area contributed by atoms with Crippen molar-refractivity contribution in [1.29, 1.82) is 0 Å². The van der Waals surface area contributed by atoms with Gasteiger partial charge in [0, 0.05) is 17.8 Å². The molecular formula is C24H25N5O3S. The predicted octanol–water partition coefficient (Wildman–Crippen LogP) is 4.40. The summed E-state index contributed by atoms with van der Waals surface area (Å²) in [4.78, 5) is 18.2. The average molecular weight is 464 g/mol. The maximum atomic E-state index is 13.6. The predicted molar refractivity (Wildman–Crippen MR) is 128 cm³/mol. The van der Waals surface area contributed by atoms with Crippen LogP contribution in [-0.4, -0.2) is 40.1 Å². The Kier molecular flexibility index (Phi) is 5.72. The molecule has 3 heterocycles. The maximum absolute atomic E-state index is 13.6. The number of anilines is 2. The normalized spacial score (nSPS) is 17.1. The summed E-state index contributed by atoms with van der Waals surface area (Å²) in [6.07, 6.45) is 2.75. The summed E-state index contributed by atoms with van der Waals surface area (Å²) in [7, 11) is 0. The average Bonchev–Trinajstić information content (AvgIpc) is 3.07. The molecule has 3 aromatic rings. The molecule has 0 spiro atoms. The molecule has 2 N–H and O–H groups in total. The highest BCUT2D eigenvalue weighted by Gasteiger charge is 2.35. The summed E-state index contributed by atoms with van der Waals surface area (Å²) in [6, 6.07) is 13.0. The molecule has 0 saturated heterocycles. The van der Waals surface area contributed by atoms with Crippen molar-refractivity contribution in [1.82, 2.24) is 14.8 Å². The van der Waals surface area contributed by atoms with Crippen LogP contribution in [0.1, 0.15) is 30.5 Å². The summed E-state index contributed by atoms with van der Waals surface area (Å²) in [5.41, 5.74) is 3.93. The van der Waals surface area contributed by atoms with Crippen molar-refractivity contribution in [2.45, 2.75) is 31.5 Å². The van der Waals surface area contributed by atoms with Crippen molar-refractivity contribution in [3.05, 3.63) is 64.9 Å². The first-order chi connectivity index (χ1) is 16.0. The van der Waals surface area contributed by atoms with Crippen LogP contribution in [-0.2, 0) is 4.79 Å². The van der Waals surface area contributed by atoms with Gasteiger partial charge in [-0.3, -0.25) is 4.79 Å². The number of hydrogen-bond donors (Lipinski definition) is 2. The van der Waals surface area contributed by atoms with Crippen LogP contribution in [0, 0.1) is 6.92 Å². The van der Waals surface area contributed by atoms with Crippen molar-refractivity contribution < 1.29 is 14.3 Å². The second kappa shape index (κ2) is 8.82. The Morgan fingerprint density at radius 2 is 1.94 bits per heavy atom. The summed E-state index contributed by atoms with van der Waals surface area (Å²) >= 11 is 1.45. The fraction of sp³-hybridized carbons (Fsp3) is 0.292. The lowest BCUT2D eigenvalue weighted by molar-refractivity contribution is -0.113. The van der Waals surface area contributed by atoms with Gasteiger partial charge in [0.15, 0.2) is 11.5 Å². The lowest BCUT2D eigenvalue weighted by atomic mass is 9.94. The number of nitrogens with zero attached hydrogens (tertiary/aromatic N) is 3. The Morgan fingerprint density at radius 3 is 2.73 bits per heavy atom. The van der Waals surface area contributed by atoms with Gasteiger partial charge in [-0.05, 0) is 49.4 Å². The number of carbonyl (C=O) groups excluding carboxylic acids is 1. The topological polar surface area (TPSA) is 90.3 Å². The van der Waals surface area contributed by atoms with Crippen LogP contribution in [0.4, 0.5) is 11.6 Å². The molecule has 0 fully saturated rings. The molecule has 0 bridgehead atoms. The van der Waals surface area contributed by atoms with E-state index in [0.29, 0.717) is 41.4 Å². The zero-order valence-electron chi connectivity index (χ0n) is 18.7. The fourth-order valence-electron chi connectivity index (χ4n) is 4.07. The molecule has 1 atom stereocenters. The van der Waals surface area contributed by atoms with E-state index >= 15 is 0 Å². The van der Waals surface area contributed by atoms with E-state index in [1.54, 1.807) is 4.68 Å². The molecular weight excluding hydrogens is 438 g/mol. The fourth-order valence-corrected chi connectivity index (χ4v) is 4.42. The Morgan fingerprint density at radius 1 is 1.15 bits per heavy atom. The molecule has 1 amide bonds. The van der Waals surface area contributed by atoms with E-state index < -0.39 is 6.04 Å². The SMILES string of the molecule is CSc1nc2n(n1)C(c1ccc3c(c1)OCCCO3)C(C(=O)Nc1ccccc1C)=C(C)N2. The van der Waals surface area contributed by atoms with Gasteiger partial charge < -0.3 is 20.1 Å². The van der Waals surface area contributed by atoms with Crippen molar-refractivity contribution in [3.63, 3.8) is 0 Å². The van der Waals surface area contributed by atoms with Crippen LogP contribution in [0.2, 0.25) is 0 Å². The standard InChI is InChI=1S/C24H25N5O3S/c1-14-7-4-5-8-17(14)26-22(30)20-15(2)25-23-27-24(33-3)28-29(23)21(20)16-9-10-18-19(13-16)32-12-6-11-31-18/h4-5,7-10,13,21H,6,11-12H2,1-3H3,(H,26,30)(H,25,27,28). The number of ether oxygens (including phenoxy) is 2. The molecule has 8 nitrogen and oxygen atoms in total. The molecule has 0 radical (unpaired) electrons. The number of amides is 1. The highest BCUT2D eigenvalue weighted by atomic mass is 32.2. The number of allylic oxidation sites excluding steroid dienone is 1. The highest BCUT2D eigenvalue weighted by Crippen LogP contribution is 2.40. The van der Waals surface area contributed by atoms with E-state index in [-0.39, 0.29) is 5.91 Å². The lowest BCUT2D eigenvalue weighted by Crippen LogP contribution is -2.31. The maximum Gasteiger partial charge on any atom is 0.255 e. The molecule has 9 heteroatoms. The van der Waals surface area contributed by atoms with E-state index in [9.17, 15) is 4.79 Å². The van der Waals surface area contributed by atoms with Crippen molar-refractivity contribution >= 4 is 29.3 Å². The number of thioether (sulfide) groups is 1. The van der Waals surface area contributed by atoms with E-state index in [1.165, 1.54) is 11.8 Å². The molecule has 5 rings (SSSR count). The molecule has 170 valence electrons. The van der Waals surface area contributed by atoms with Crippen LogP contribution in [0.15, 0.2) is 58.9 Å². The number of nitrogens with one attached hydrogen (secondary N) is 2. The molecule has 2 aliphatic heterocycles. The molecule has 33 heavy (non-hydrogen) atoms. The van der Waals surface area contributed by atoms with E-state index in [1.807, 2.05) is 62.6 Å². The Hall–Kier alpha value is -3.46. The van der Waals surface area contributed by atoms with Gasteiger partial charge in [0.2, 0.25) is 11.1 Å². The zero-order chi connectivity index (χ0) is 22.9. The van der Waals surface area contributed by atoms with Crippen LogP contribution >= 0.6 is 11.8 Å². The van der Waals surface area contributed by atoms with Crippen LogP contribution in [0.5, 0.6) is 11.5 Å². The third-order valence-corrected chi connectivity index (χ3v) is 6.28. The Bertz CT molecular complexity index is 1250. The van der Waals surface area contributed by atoms with Gasteiger partial charge in [-0.15, -0.1) is 5.10 Å². The van der Waals surface area contributed by atoms with Gasteiger partial charge in [-0.2, -0.15) is 4.98 Å². The van der Waals surface area contributed by atoms with Crippen LogP contribution < -0.4 is 20.1 Å². The number of aryl methyl sites for hydroxylation is 1. The quantitative estimate of drug-likeness (QED) is 0.554. The summed E-state index contributed by atoms with van der Waals surface area (Å²) < 4.78 is 13.5. The van der Waals surface area contributed by atoms with Crippen LogP contribution in [0.3, 0.4) is 0 Å². The molecule has 1 unspecified atom stereocenters. The number of aromatic nitrogens is 3. The first-order valence-corrected chi connectivity index (χ1v) is 12.0. The van der Waals surface area contributed by atoms with Crippen molar-refractivity contribution in [2.24, 2.45) is 0 Å². The zero-order valence-corrected chi connectivity index (χ0v) is 19.5. The molecule has 2 aromatic carbocycles. The second-order valence-corrected chi connectivity index (χ2v) is 8.73. The van der Waals surface area contributed by atoms with Gasteiger partial charge >= 0.3 is 0 Å². The Balaban J connectivity index is 1.60. The first-order valence-electron chi connectivity index (χ1n) is 10.8. The first kappa shape index (κ1) is 21.4. The van der Waals surface area contributed by atoms with E-state index in [0.717, 1.165) is 28.9 Å². The Labute approximate surface area is 196 Å². The largest absolute Gasteiger partial charge is 0.490 e. The smallest absolute Gasteiger partial charge is 0.255 e. The minimum absolute atomic E-state index is 0.196. The van der Waals surface area contributed by atoms with E-state index in [4.69, 9.17) is 9.47 Å². The van der Waals surface area contributed by atoms with Gasteiger partial charge in [-0.25, -0.2) is 4.68 Å². The van der Waals surface area contributed by atoms with Gasteiger partial charge in [0.05, 0.1) is 18.8 Å². The summed E-state index contributed by atoms with van der Waals surface area (Å²) in [5, 5.41) is 11.6. The number of para-hydroxylation sites is 1. The number of benzene rings is 2. The van der Waals surface area contributed by atoms with Gasteiger partial charge in [0.25, 0.3) is 5.91 Å². The highest BCUT2D eigenvalue weighted by molar-refractivity contribution is 7.98. The minimum atomic E-state index is -0.476. The monoisotopic (exact) mass is 463 g/mol. The van der Waals surface area contributed by atoms with Crippen molar-refractivity contribution in [3.8, 4) is 11.5 Å². The number of carbonyl (C=O) groups is 1. The number of rotatable bonds is 4.